The highest BCUT2D eigenvalue weighted by molar-refractivity contribution is 9.57. The molecule has 11 heteroatoms. The molecule has 0 amide bonds. The van der Waals surface area contributed by atoms with Gasteiger partial charge in [-0.05, 0) is 45.1 Å². The second kappa shape index (κ2) is 9.45. The van der Waals surface area contributed by atoms with Crippen molar-refractivity contribution in [1.29, 1.82) is 0 Å². The summed E-state index contributed by atoms with van der Waals surface area (Å²) in [6.45, 7) is 2.11. The van der Waals surface area contributed by atoms with Gasteiger partial charge in [-0.25, -0.2) is 0 Å². The average molecular weight is 377 g/mol. The lowest BCUT2D eigenvalue weighted by atomic mass is 11.0. The van der Waals surface area contributed by atoms with Crippen LogP contribution in [0.5, 0.6) is 0 Å². The normalized spacial score (nSPS) is 14.1. The molecule has 100 valence electrons. The van der Waals surface area contributed by atoms with Gasteiger partial charge in [-0.2, -0.15) is 0 Å². The monoisotopic (exact) mass is 376 g/mol. The van der Waals surface area contributed by atoms with E-state index < -0.39 is 15.5 Å². The van der Waals surface area contributed by atoms with E-state index in [1.165, 1.54) is 19.7 Å². The van der Waals surface area contributed by atoms with E-state index in [9.17, 15) is 0 Å². The van der Waals surface area contributed by atoms with Crippen LogP contribution in [0, 0.1) is 0 Å². The summed E-state index contributed by atoms with van der Waals surface area (Å²) >= 11 is 8.44. The lowest BCUT2D eigenvalue weighted by molar-refractivity contribution is 0.152. The Kier molecular flexibility index (Phi) is 11.0. The van der Waals surface area contributed by atoms with Crippen LogP contribution in [0.1, 0.15) is 6.92 Å². The van der Waals surface area contributed by atoms with E-state index in [1.54, 1.807) is 41.0 Å². The van der Waals surface area contributed by atoms with E-state index in [1.807, 2.05) is 0 Å². The molecule has 0 aliphatic rings. The molecule has 16 heavy (non-hydrogen) atoms. The van der Waals surface area contributed by atoms with Crippen molar-refractivity contribution in [1.82, 2.24) is 0 Å². The molecule has 0 aromatic heterocycles. The van der Waals surface area contributed by atoms with Gasteiger partial charge in [0.2, 0.25) is 0 Å². The van der Waals surface area contributed by atoms with Gasteiger partial charge in [-0.1, -0.05) is 37.8 Å². The van der Waals surface area contributed by atoms with E-state index in [0.29, 0.717) is 0 Å². The van der Waals surface area contributed by atoms with Crippen LogP contribution in [0.25, 0.3) is 0 Å². The van der Waals surface area contributed by atoms with Gasteiger partial charge in [0.25, 0.3) is 0 Å². The van der Waals surface area contributed by atoms with E-state index in [0.717, 1.165) is 5.75 Å². The topological polar surface area (TPSA) is 27.7 Å². The molecule has 0 saturated heterocycles. The van der Waals surface area contributed by atoms with Crippen molar-refractivity contribution in [2.75, 3.05) is 27.1 Å². The van der Waals surface area contributed by atoms with E-state index in [4.69, 9.17) is 13.3 Å². The van der Waals surface area contributed by atoms with Crippen molar-refractivity contribution in [3.05, 3.63) is 0 Å². The Morgan fingerprint density at radius 3 is 1.56 bits per heavy atom. The number of thiol groups is 2. The molecule has 0 unspecified atom stereocenters. The highest BCUT2D eigenvalue weighted by Crippen LogP contribution is 2.81. The Morgan fingerprint density at radius 2 is 1.38 bits per heavy atom. The molecule has 0 heterocycles. The molecular weight excluding hydrogens is 361 g/mol. The van der Waals surface area contributed by atoms with E-state index in [2.05, 4.69) is 30.2 Å². The Balaban J connectivity index is 5.21. The maximum absolute atomic E-state index is 5.59. The highest BCUT2D eigenvalue weighted by Gasteiger charge is 2.57. The van der Waals surface area contributed by atoms with Gasteiger partial charge in [0, 0.05) is 21.3 Å². The molecule has 3 nitrogen and oxygen atoms in total. The average Bonchev–Trinajstić information content (AvgIpc) is 2.32. The molecule has 0 saturated carbocycles. The van der Waals surface area contributed by atoms with Crippen molar-refractivity contribution in [2.24, 2.45) is 0 Å². The smallest absolute Gasteiger partial charge is 0.369 e. The zero-order valence-corrected chi connectivity index (χ0v) is 16.2. The van der Waals surface area contributed by atoms with Gasteiger partial charge < -0.3 is 13.3 Å². The van der Waals surface area contributed by atoms with E-state index in [-0.39, 0.29) is 0 Å². The summed E-state index contributed by atoms with van der Waals surface area (Å²) in [5, 5.41) is 0. The van der Waals surface area contributed by atoms with Crippen LogP contribution in [0.4, 0.5) is 0 Å². The minimum atomic E-state index is -2.67. The van der Waals surface area contributed by atoms with Gasteiger partial charge >= 0.3 is 7.95 Å². The molecule has 0 radical (unpaired) electrons. The molecule has 0 aliphatic heterocycles. The van der Waals surface area contributed by atoms with Crippen molar-refractivity contribution in [3.8, 4) is 0 Å². The SMILES string of the molecule is CCS(SSS)(SSS)[Si](OC)(OC)OC. The third kappa shape index (κ3) is 4.02. The molecule has 0 spiro atoms. The van der Waals surface area contributed by atoms with Crippen LogP contribution in [0.2, 0.25) is 0 Å². The summed E-state index contributed by atoms with van der Waals surface area (Å²) < 4.78 is 16.8. The summed E-state index contributed by atoms with van der Waals surface area (Å²) in [6.07, 6.45) is 0. The van der Waals surface area contributed by atoms with Gasteiger partial charge in [-0.15, -0.1) is 0 Å². The van der Waals surface area contributed by atoms with Crippen LogP contribution in [-0.4, -0.2) is 35.0 Å². The fraction of sp³-hybridized carbons (Fsp3) is 1.00. The maximum atomic E-state index is 5.59. The quantitative estimate of drug-likeness (QED) is 0.348. The predicted octanol–water partition coefficient (Wildman–Crippen LogP) is 4.47. The zero-order valence-electron chi connectivity index (χ0n) is 9.37. The number of rotatable bonds is 9. The van der Waals surface area contributed by atoms with Crippen molar-refractivity contribution < 1.29 is 13.3 Å². The minimum absolute atomic E-state index is 0.922. The van der Waals surface area contributed by atoms with Gasteiger partial charge in [-0.3, -0.25) is 0 Å². The second-order valence-corrected chi connectivity index (χ2v) is 23.2. The Hall–Kier alpha value is 2.55. The Labute approximate surface area is 124 Å². The summed E-state index contributed by atoms with van der Waals surface area (Å²) in [7, 11) is 7.14. The molecule has 0 atom stereocenters. The molecule has 0 fully saturated rings. The summed E-state index contributed by atoms with van der Waals surface area (Å²) in [5.41, 5.74) is 0. The van der Waals surface area contributed by atoms with Crippen LogP contribution >= 0.6 is 70.2 Å². The van der Waals surface area contributed by atoms with Gasteiger partial charge in [0.05, 0.1) is 0 Å². The van der Waals surface area contributed by atoms with Crippen LogP contribution in [0.3, 0.4) is 0 Å². The largest absolute Gasteiger partial charge is 0.575 e. The number of hydrogen-bond donors (Lipinski definition) is 2. The number of hydrogen-bond acceptors (Lipinski definition) is 9. The van der Waals surface area contributed by atoms with Gasteiger partial charge in [0.15, 0.2) is 0 Å². The first-order chi connectivity index (χ1) is 7.61. The first kappa shape index (κ1) is 18.5. The zero-order chi connectivity index (χ0) is 12.7. The van der Waals surface area contributed by atoms with Crippen LogP contribution in [0.15, 0.2) is 0 Å². The molecule has 0 aromatic carbocycles. The molecule has 0 bridgehead atoms. The highest BCUT2D eigenvalue weighted by atomic mass is 34.0. The Morgan fingerprint density at radius 1 is 1.00 bits per heavy atom. The lowest BCUT2D eigenvalue weighted by Crippen LogP contribution is -2.46. The third-order valence-corrected chi connectivity index (χ3v) is 31.8. The van der Waals surface area contributed by atoms with Crippen LogP contribution in [-0.2, 0) is 13.3 Å². The molecule has 0 aromatic rings. The summed E-state index contributed by atoms with van der Waals surface area (Å²) in [4.78, 5) is 0. The fourth-order valence-corrected chi connectivity index (χ4v) is 38.5. The predicted molar refractivity (Wildman–Crippen MR) is 93.2 cm³/mol. The lowest BCUT2D eigenvalue weighted by Gasteiger charge is -2.43. The minimum Gasteiger partial charge on any atom is -0.369 e. The maximum Gasteiger partial charge on any atom is 0.575 e. The summed E-state index contributed by atoms with van der Waals surface area (Å²) in [6, 6.07) is 0. The van der Waals surface area contributed by atoms with Crippen molar-refractivity contribution >= 4 is 78.1 Å². The third-order valence-electron chi connectivity index (χ3n) is 1.79. The molecule has 0 aliphatic carbocycles. The van der Waals surface area contributed by atoms with Crippen molar-refractivity contribution in [2.45, 2.75) is 6.92 Å². The molecular formula is C5H16O3S7Si. The molecule has 0 N–H and O–H groups in total. The second-order valence-electron chi connectivity index (χ2n) is 2.30. The first-order valence-electron chi connectivity index (χ1n) is 4.07. The standard InChI is InChI=1S/C5H16O3S7Si/c1-5-15(13-11-9,14-12-10)16(6-2,7-3)8-4/h9-10H,5H2,1-4H3. The fourth-order valence-electron chi connectivity index (χ4n) is 1.10. The molecule has 0 rings (SSSR count). The van der Waals surface area contributed by atoms with Crippen LogP contribution < -0.4 is 0 Å². The van der Waals surface area contributed by atoms with Crippen molar-refractivity contribution in [3.63, 3.8) is 0 Å². The summed E-state index contributed by atoms with van der Waals surface area (Å²) in [5.74, 6) is 0.922. The Bertz CT molecular complexity index is 179. The van der Waals surface area contributed by atoms with E-state index >= 15 is 0 Å². The first-order valence-corrected chi connectivity index (χ1v) is 15.8. The van der Waals surface area contributed by atoms with Gasteiger partial charge in [0.1, 0.15) is 0 Å².